The lowest BCUT2D eigenvalue weighted by Crippen LogP contribution is -2.28. The molecule has 0 atom stereocenters. The van der Waals surface area contributed by atoms with Crippen LogP contribution in [0.3, 0.4) is 0 Å². The first-order valence-corrected chi connectivity index (χ1v) is 7.42. The zero-order chi connectivity index (χ0) is 13.8. The van der Waals surface area contributed by atoms with Crippen molar-refractivity contribution >= 4 is 17.4 Å². The van der Waals surface area contributed by atoms with E-state index in [9.17, 15) is 0 Å². The second kappa shape index (κ2) is 6.53. The van der Waals surface area contributed by atoms with Crippen molar-refractivity contribution in [3.63, 3.8) is 0 Å². The summed E-state index contributed by atoms with van der Waals surface area (Å²) in [5, 5.41) is 3.88. The van der Waals surface area contributed by atoms with E-state index >= 15 is 0 Å². The molecule has 1 heterocycles. The molecule has 19 heavy (non-hydrogen) atoms. The molecule has 1 aromatic rings. The van der Waals surface area contributed by atoms with Crippen LogP contribution in [0.1, 0.15) is 44.9 Å². The summed E-state index contributed by atoms with van der Waals surface area (Å²) in [5.74, 6) is 2.29. The molecule has 1 aliphatic rings. The maximum atomic E-state index is 6.03. The fourth-order valence-corrected chi connectivity index (χ4v) is 2.04. The van der Waals surface area contributed by atoms with E-state index in [1.807, 2.05) is 0 Å². The van der Waals surface area contributed by atoms with Crippen LogP contribution in [0, 0.1) is 0 Å². The molecule has 106 valence electrons. The third-order valence-electron chi connectivity index (χ3n) is 3.53. The van der Waals surface area contributed by atoms with Crippen molar-refractivity contribution in [3.8, 4) is 0 Å². The number of halogens is 1. The van der Waals surface area contributed by atoms with Crippen molar-refractivity contribution in [1.29, 1.82) is 0 Å². The van der Waals surface area contributed by atoms with Gasteiger partial charge in [0.1, 0.15) is 16.8 Å². The summed E-state index contributed by atoms with van der Waals surface area (Å²) in [6.45, 7) is 6.41. The molecule has 1 aliphatic carbocycles. The summed E-state index contributed by atoms with van der Waals surface area (Å²) < 4.78 is 0. The average Bonchev–Trinajstić information content (AvgIpc) is 3.17. The lowest BCUT2D eigenvalue weighted by Gasteiger charge is -2.20. The maximum Gasteiger partial charge on any atom is 0.135 e. The minimum atomic E-state index is 0.534. The second-order valence-corrected chi connectivity index (χ2v) is 5.95. The standard InChI is InChI=1S/C14H23ClN4/c1-10(2)19(3)8-4-7-16-13-9-12(15)17-14(18-13)11-5-6-11/h9-11H,4-8H2,1-3H3,(H,16,17,18). The Bertz CT molecular complexity index is 418. The highest BCUT2D eigenvalue weighted by Gasteiger charge is 2.27. The Balaban J connectivity index is 1.79. The van der Waals surface area contributed by atoms with Crippen LogP contribution in [-0.2, 0) is 0 Å². The van der Waals surface area contributed by atoms with Crippen LogP contribution >= 0.6 is 11.6 Å². The molecule has 0 aliphatic heterocycles. The first kappa shape index (κ1) is 14.5. The van der Waals surface area contributed by atoms with E-state index < -0.39 is 0 Å². The Morgan fingerprint density at radius 3 is 2.79 bits per heavy atom. The Morgan fingerprint density at radius 2 is 2.16 bits per heavy atom. The van der Waals surface area contributed by atoms with Gasteiger partial charge >= 0.3 is 0 Å². The third-order valence-corrected chi connectivity index (χ3v) is 3.72. The second-order valence-electron chi connectivity index (χ2n) is 5.56. The van der Waals surface area contributed by atoms with Crippen molar-refractivity contribution in [2.24, 2.45) is 0 Å². The predicted octanol–water partition coefficient (Wildman–Crippen LogP) is 3.15. The van der Waals surface area contributed by atoms with Crippen LogP contribution in [0.25, 0.3) is 0 Å². The van der Waals surface area contributed by atoms with E-state index in [0.717, 1.165) is 31.2 Å². The number of nitrogens with one attached hydrogen (secondary N) is 1. The van der Waals surface area contributed by atoms with Crippen LogP contribution in [-0.4, -0.2) is 41.0 Å². The van der Waals surface area contributed by atoms with Crippen molar-refractivity contribution < 1.29 is 0 Å². The van der Waals surface area contributed by atoms with E-state index in [0.29, 0.717) is 17.1 Å². The number of hydrogen-bond acceptors (Lipinski definition) is 4. The molecule has 1 aromatic heterocycles. The molecule has 5 heteroatoms. The summed E-state index contributed by atoms with van der Waals surface area (Å²) >= 11 is 6.03. The lowest BCUT2D eigenvalue weighted by atomic mass is 10.3. The van der Waals surface area contributed by atoms with Gasteiger partial charge in [-0.15, -0.1) is 0 Å². The number of aromatic nitrogens is 2. The SMILES string of the molecule is CC(C)N(C)CCCNc1cc(Cl)nc(C2CC2)n1. The third kappa shape index (κ3) is 4.62. The Morgan fingerprint density at radius 1 is 1.42 bits per heavy atom. The molecular formula is C14H23ClN4. The van der Waals surface area contributed by atoms with Gasteiger partial charge in [0.15, 0.2) is 0 Å². The number of rotatable bonds is 7. The molecule has 0 saturated heterocycles. The largest absolute Gasteiger partial charge is 0.370 e. The fraction of sp³-hybridized carbons (Fsp3) is 0.714. The Labute approximate surface area is 120 Å². The molecule has 0 unspecified atom stereocenters. The Hall–Kier alpha value is -0.870. The Kier molecular flexibility index (Phi) is 4.99. The van der Waals surface area contributed by atoms with E-state index in [1.165, 1.54) is 12.8 Å². The summed E-state index contributed by atoms with van der Waals surface area (Å²) in [6, 6.07) is 2.40. The minimum absolute atomic E-state index is 0.534. The number of nitrogens with zero attached hydrogens (tertiary/aromatic N) is 3. The van der Waals surface area contributed by atoms with Gasteiger partial charge in [-0.25, -0.2) is 9.97 Å². The van der Waals surface area contributed by atoms with Gasteiger partial charge in [0.25, 0.3) is 0 Å². The first-order chi connectivity index (χ1) is 9.06. The van der Waals surface area contributed by atoms with E-state index in [2.05, 4.69) is 41.1 Å². The average molecular weight is 283 g/mol. The molecular weight excluding hydrogens is 260 g/mol. The first-order valence-electron chi connectivity index (χ1n) is 7.05. The highest BCUT2D eigenvalue weighted by atomic mass is 35.5. The molecule has 1 saturated carbocycles. The topological polar surface area (TPSA) is 41.0 Å². The lowest BCUT2D eigenvalue weighted by molar-refractivity contribution is 0.273. The van der Waals surface area contributed by atoms with Crippen LogP contribution in [0.5, 0.6) is 0 Å². The monoisotopic (exact) mass is 282 g/mol. The molecule has 1 N–H and O–H groups in total. The zero-order valence-corrected chi connectivity index (χ0v) is 12.7. The van der Waals surface area contributed by atoms with Crippen molar-refractivity contribution in [2.45, 2.75) is 45.1 Å². The molecule has 0 radical (unpaired) electrons. The van der Waals surface area contributed by atoms with Crippen molar-refractivity contribution in [3.05, 3.63) is 17.0 Å². The van der Waals surface area contributed by atoms with Gasteiger partial charge in [-0.05, 0) is 46.7 Å². The molecule has 1 fully saturated rings. The molecule has 0 amide bonds. The van der Waals surface area contributed by atoms with Gasteiger partial charge in [-0.2, -0.15) is 0 Å². The molecule has 2 rings (SSSR count). The summed E-state index contributed by atoms with van der Waals surface area (Å²) in [5.41, 5.74) is 0. The maximum absolute atomic E-state index is 6.03. The van der Waals surface area contributed by atoms with Crippen LogP contribution in [0.2, 0.25) is 5.15 Å². The zero-order valence-electron chi connectivity index (χ0n) is 12.0. The fourth-order valence-electron chi connectivity index (χ4n) is 1.85. The normalized spacial score (nSPS) is 15.3. The van der Waals surface area contributed by atoms with Crippen LogP contribution in [0.15, 0.2) is 6.07 Å². The van der Waals surface area contributed by atoms with Gasteiger partial charge < -0.3 is 10.2 Å². The van der Waals surface area contributed by atoms with E-state index in [-0.39, 0.29) is 0 Å². The van der Waals surface area contributed by atoms with Crippen molar-refractivity contribution in [2.75, 3.05) is 25.5 Å². The smallest absolute Gasteiger partial charge is 0.135 e. The highest BCUT2D eigenvalue weighted by Crippen LogP contribution is 2.38. The predicted molar refractivity (Wildman–Crippen MR) is 79.9 cm³/mol. The summed E-state index contributed by atoms with van der Waals surface area (Å²) in [6.07, 6.45) is 3.48. The molecule has 0 spiro atoms. The molecule has 0 aromatic carbocycles. The van der Waals surface area contributed by atoms with Gasteiger partial charge in [-0.3, -0.25) is 0 Å². The summed E-state index contributed by atoms with van der Waals surface area (Å²) in [4.78, 5) is 11.1. The van der Waals surface area contributed by atoms with Crippen LogP contribution < -0.4 is 5.32 Å². The van der Waals surface area contributed by atoms with E-state index in [4.69, 9.17) is 11.6 Å². The van der Waals surface area contributed by atoms with Crippen molar-refractivity contribution in [1.82, 2.24) is 14.9 Å². The number of anilines is 1. The molecule has 4 nitrogen and oxygen atoms in total. The number of hydrogen-bond donors (Lipinski definition) is 1. The minimum Gasteiger partial charge on any atom is -0.370 e. The summed E-state index contributed by atoms with van der Waals surface area (Å²) in [7, 11) is 2.15. The highest BCUT2D eigenvalue weighted by molar-refractivity contribution is 6.29. The van der Waals surface area contributed by atoms with Gasteiger partial charge in [0, 0.05) is 24.6 Å². The van der Waals surface area contributed by atoms with Gasteiger partial charge in [0.05, 0.1) is 0 Å². The quantitative estimate of drug-likeness (QED) is 0.616. The molecule has 0 bridgehead atoms. The van der Waals surface area contributed by atoms with E-state index in [1.54, 1.807) is 6.07 Å². The van der Waals surface area contributed by atoms with Gasteiger partial charge in [0.2, 0.25) is 0 Å². The van der Waals surface area contributed by atoms with Crippen LogP contribution in [0.4, 0.5) is 5.82 Å². The van der Waals surface area contributed by atoms with Gasteiger partial charge in [-0.1, -0.05) is 11.6 Å².